The van der Waals surface area contributed by atoms with E-state index in [-0.39, 0.29) is 11.2 Å². The minimum Gasteiger partial charge on any atom is -0.464 e. The number of ether oxygens (including phenoxy) is 2. The highest BCUT2D eigenvalue weighted by molar-refractivity contribution is 6.02. The van der Waals surface area contributed by atoms with Crippen LogP contribution in [0.25, 0.3) is 33.3 Å². The molecule has 5 atom stereocenters. The van der Waals surface area contributed by atoms with E-state index in [1.54, 1.807) is 42.5 Å². The van der Waals surface area contributed by atoms with Crippen LogP contribution >= 0.6 is 0 Å². The van der Waals surface area contributed by atoms with Crippen LogP contribution < -0.4 is 10.2 Å². The summed E-state index contributed by atoms with van der Waals surface area (Å²) in [7, 11) is 0. The lowest BCUT2D eigenvalue weighted by atomic mass is 9.99. The van der Waals surface area contributed by atoms with Crippen LogP contribution in [0, 0.1) is 0 Å². The highest BCUT2D eigenvalue weighted by Crippen LogP contribution is 2.31. The Kier molecular flexibility index (Phi) is 5.20. The maximum atomic E-state index is 12.7. The normalized spacial score (nSPS) is 25.9. The summed E-state index contributed by atoms with van der Waals surface area (Å²) in [5.74, 6) is 0.562. The minimum atomic E-state index is -1.55. The highest BCUT2D eigenvalue weighted by atomic mass is 16.7. The molecule has 1 aliphatic heterocycles. The Bertz CT molecular complexity index is 1320. The first-order valence-electron chi connectivity index (χ1n) is 9.98. The van der Waals surface area contributed by atoms with Gasteiger partial charge in [-0.05, 0) is 30.3 Å². The van der Waals surface area contributed by atoms with Gasteiger partial charge in [-0.3, -0.25) is 4.79 Å². The van der Waals surface area contributed by atoms with E-state index in [0.717, 1.165) is 0 Å². The fraction of sp³-hybridized carbons (Fsp3) is 0.261. The van der Waals surface area contributed by atoms with Crippen LogP contribution in [0.4, 0.5) is 0 Å². The number of hydrogen-bond acceptors (Lipinski definition) is 9. The van der Waals surface area contributed by atoms with Crippen molar-refractivity contribution in [3.8, 4) is 17.1 Å². The van der Waals surface area contributed by atoms with Gasteiger partial charge in [0.2, 0.25) is 6.29 Å². The van der Waals surface area contributed by atoms with Crippen molar-refractivity contribution >= 4 is 21.9 Å². The first-order chi connectivity index (χ1) is 15.5. The summed E-state index contributed by atoms with van der Waals surface area (Å²) >= 11 is 0. The number of aliphatic hydroxyl groups excluding tert-OH is 4. The van der Waals surface area contributed by atoms with E-state index in [2.05, 4.69) is 0 Å². The second-order valence-corrected chi connectivity index (χ2v) is 7.59. The van der Waals surface area contributed by atoms with Gasteiger partial charge in [-0.2, -0.15) is 0 Å². The lowest BCUT2D eigenvalue weighted by molar-refractivity contribution is -0.277. The number of rotatable bonds is 4. The third kappa shape index (κ3) is 3.46. The van der Waals surface area contributed by atoms with Crippen molar-refractivity contribution in [2.24, 2.45) is 0 Å². The molecule has 4 aromatic rings. The summed E-state index contributed by atoms with van der Waals surface area (Å²) in [6.07, 6.45) is -5.46. The molecule has 2 aromatic carbocycles. The molecule has 5 rings (SSSR count). The zero-order chi connectivity index (χ0) is 22.4. The van der Waals surface area contributed by atoms with Gasteiger partial charge in [-0.1, -0.05) is 12.1 Å². The molecule has 1 saturated heterocycles. The Morgan fingerprint density at radius 2 is 1.78 bits per heavy atom. The van der Waals surface area contributed by atoms with Gasteiger partial charge in [-0.15, -0.1) is 0 Å². The number of hydrogen-bond donors (Lipinski definition) is 4. The minimum absolute atomic E-state index is 0.218. The van der Waals surface area contributed by atoms with E-state index >= 15 is 0 Å². The largest absolute Gasteiger partial charge is 0.464 e. The second kappa shape index (κ2) is 8.05. The van der Waals surface area contributed by atoms with E-state index in [4.69, 9.17) is 18.3 Å². The van der Waals surface area contributed by atoms with Crippen molar-refractivity contribution < 1.29 is 38.7 Å². The van der Waals surface area contributed by atoms with Crippen LogP contribution in [0.2, 0.25) is 0 Å². The van der Waals surface area contributed by atoms with Crippen molar-refractivity contribution in [2.45, 2.75) is 30.7 Å². The van der Waals surface area contributed by atoms with Crippen LogP contribution in [0.1, 0.15) is 0 Å². The zero-order valence-corrected chi connectivity index (χ0v) is 16.6. The molecule has 1 aliphatic rings. The molecule has 0 amide bonds. The van der Waals surface area contributed by atoms with E-state index < -0.39 is 37.3 Å². The standard InChI is InChI=1S/C23H20O9/c24-10-18-19(26)20(27)21(28)23(32-18)30-12-3-1-2-11(8-12)17-9-15(25)13-4-5-16-14(6-7-29-16)22(13)31-17/h1-9,18-21,23-24,26-28H,10H2/t18-,19-,20+,21-,23-/m1/s1. The fourth-order valence-corrected chi connectivity index (χ4v) is 3.82. The summed E-state index contributed by atoms with van der Waals surface area (Å²) in [6, 6.07) is 13.0. The SMILES string of the molecule is O=c1cc(-c2cccc(O[C@@H]3O[C@H](CO)[C@@H](O)[C@H](O)[C@H]3O)c2)oc2c1ccc1occc12. The molecular weight excluding hydrogens is 420 g/mol. The Hall–Kier alpha value is -3.21. The molecule has 4 N–H and O–H groups in total. The predicted molar refractivity (Wildman–Crippen MR) is 112 cm³/mol. The number of fused-ring (bicyclic) bond motifs is 3. The van der Waals surface area contributed by atoms with Crippen LogP contribution in [0.3, 0.4) is 0 Å². The Labute approximate surface area is 180 Å². The Morgan fingerprint density at radius 3 is 2.59 bits per heavy atom. The molecule has 9 heteroatoms. The molecule has 1 fully saturated rings. The third-order valence-electron chi connectivity index (χ3n) is 5.54. The summed E-state index contributed by atoms with van der Waals surface area (Å²) < 4.78 is 22.5. The molecule has 0 saturated carbocycles. The molecule has 166 valence electrons. The molecule has 0 spiro atoms. The molecule has 0 aliphatic carbocycles. The summed E-state index contributed by atoms with van der Waals surface area (Å²) in [5, 5.41) is 40.5. The molecule has 0 bridgehead atoms. The lowest BCUT2D eigenvalue weighted by Crippen LogP contribution is -2.60. The van der Waals surface area contributed by atoms with Gasteiger partial charge in [0.05, 0.1) is 23.6 Å². The summed E-state index contributed by atoms with van der Waals surface area (Å²) in [4.78, 5) is 12.7. The lowest BCUT2D eigenvalue weighted by Gasteiger charge is -2.39. The Morgan fingerprint density at radius 1 is 0.938 bits per heavy atom. The van der Waals surface area contributed by atoms with Gasteiger partial charge < -0.3 is 38.7 Å². The van der Waals surface area contributed by atoms with Crippen LogP contribution in [-0.2, 0) is 4.74 Å². The first kappa shape index (κ1) is 20.7. The van der Waals surface area contributed by atoms with Gasteiger partial charge in [0.15, 0.2) is 5.43 Å². The summed E-state index contributed by atoms with van der Waals surface area (Å²) in [5.41, 5.74) is 1.31. The average molecular weight is 440 g/mol. The van der Waals surface area contributed by atoms with Crippen LogP contribution in [0.15, 0.2) is 68.4 Å². The topological polar surface area (TPSA) is 143 Å². The van der Waals surface area contributed by atoms with Crippen LogP contribution in [0.5, 0.6) is 5.75 Å². The maximum absolute atomic E-state index is 12.7. The van der Waals surface area contributed by atoms with E-state index in [1.807, 2.05) is 0 Å². The molecule has 0 unspecified atom stereocenters. The van der Waals surface area contributed by atoms with Crippen molar-refractivity contribution in [1.29, 1.82) is 0 Å². The Balaban J connectivity index is 1.49. The molecule has 2 aromatic heterocycles. The van der Waals surface area contributed by atoms with Gasteiger partial charge in [0.1, 0.15) is 47.1 Å². The smallest absolute Gasteiger partial charge is 0.229 e. The quantitative estimate of drug-likeness (QED) is 0.370. The molecule has 32 heavy (non-hydrogen) atoms. The van der Waals surface area contributed by atoms with E-state index in [9.17, 15) is 25.2 Å². The highest BCUT2D eigenvalue weighted by Gasteiger charge is 2.44. The van der Waals surface area contributed by atoms with Gasteiger partial charge in [0.25, 0.3) is 0 Å². The second-order valence-electron chi connectivity index (χ2n) is 7.59. The van der Waals surface area contributed by atoms with Gasteiger partial charge >= 0.3 is 0 Å². The monoisotopic (exact) mass is 440 g/mol. The van der Waals surface area contributed by atoms with Crippen molar-refractivity contribution in [3.63, 3.8) is 0 Å². The van der Waals surface area contributed by atoms with Gasteiger partial charge in [0, 0.05) is 11.6 Å². The van der Waals surface area contributed by atoms with E-state index in [0.29, 0.717) is 33.3 Å². The maximum Gasteiger partial charge on any atom is 0.229 e. The van der Waals surface area contributed by atoms with E-state index in [1.165, 1.54) is 12.3 Å². The molecule has 9 nitrogen and oxygen atoms in total. The van der Waals surface area contributed by atoms with Crippen LogP contribution in [-0.4, -0.2) is 57.7 Å². The first-order valence-corrected chi connectivity index (χ1v) is 9.98. The molecule has 0 radical (unpaired) electrons. The van der Waals surface area contributed by atoms with Gasteiger partial charge in [-0.25, -0.2) is 0 Å². The summed E-state index contributed by atoms with van der Waals surface area (Å²) in [6.45, 7) is -0.560. The predicted octanol–water partition coefficient (Wildman–Crippen LogP) is 1.38. The van der Waals surface area contributed by atoms with Crippen molar-refractivity contribution in [1.82, 2.24) is 0 Å². The fourth-order valence-electron chi connectivity index (χ4n) is 3.82. The van der Waals surface area contributed by atoms with Crippen molar-refractivity contribution in [3.05, 3.63) is 65.0 Å². The zero-order valence-electron chi connectivity index (χ0n) is 16.6. The molecule has 3 heterocycles. The third-order valence-corrected chi connectivity index (χ3v) is 5.54. The average Bonchev–Trinajstić information content (AvgIpc) is 3.29. The van der Waals surface area contributed by atoms with Crippen molar-refractivity contribution in [2.75, 3.05) is 6.61 Å². The molecular formula is C23H20O9. The number of benzene rings is 2. The number of aliphatic hydroxyl groups is 4. The number of furan rings is 1.